The molecule has 2 heterocycles. The van der Waals surface area contributed by atoms with Crippen LogP contribution in [0.25, 0.3) is 41.9 Å². The summed E-state index contributed by atoms with van der Waals surface area (Å²) in [6.07, 6.45) is 1.83. The molecule has 6 rings (SSSR count). The second-order valence-corrected chi connectivity index (χ2v) is 9.49. The van der Waals surface area contributed by atoms with Crippen molar-refractivity contribution >= 4 is 35.1 Å². The molecule has 0 saturated carbocycles. The quantitative estimate of drug-likeness (QED) is 0.158. The molecule has 2 aromatic heterocycles. The van der Waals surface area contributed by atoms with E-state index < -0.39 is 0 Å². The number of benzene rings is 4. The third-order valence-electron chi connectivity index (χ3n) is 5.21. The number of pyridine rings is 1. The zero-order valence-corrected chi connectivity index (χ0v) is 21.3. The Morgan fingerprint density at radius 2 is 1.42 bits per heavy atom. The Morgan fingerprint density at radius 3 is 2.27 bits per heavy atom. The second-order valence-electron chi connectivity index (χ2n) is 7.33. The van der Waals surface area contributed by atoms with E-state index in [0.717, 1.165) is 37.7 Å². The number of hydrogen-bond donors (Lipinski definition) is 0. The Kier molecular flexibility index (Phi) is 6.24. The van der Waals surface area contributed by atoms with Crippen molar-refractivity contribution in [2.75, 3.05) is 0 Å². The van der Waals surface area contributed by atoms with Gasteiger partial charge in [-0.3, -0.25) is 0 Å². The van der Waals surface area contributed by atoms with Crippen molar-refractivity contribution in [3.63, 3.8) is 0 Å². The van der Waals surface area contributed by atoms with Gasteiger partial charge in [0.1, 0.15) is 0 Å². The van der Waals surface area contributed by atoms with Crippen LogP contribution in [0.5, 0.6) is 11.5 Å². The summed E-state index contributed by atoms with van der Waals surface area (Å²) in [7, 11) is 0. The van der Waals surface area contributed by atoms with Gasteiger partial charge in [0.15, 0.2) is 0 Å². The molecule has 0 saturated heterocycles. The molecule has 0 amide bonds. The first-order valence-corrected chi connectivity index (χ1v) is 12.0. The summed E-state index contributed by atoms with van der Waals surface area (Å²) >= 11 is 0.178. The molecule has 0 aliphatic heterocycles. The van der Waals surface area contributed by atoms with Gasteiger partial charge in [0.2, 0.25) is 0 Å². The van der Waals surface area contributed by atoms with Gasteiger partial charge in [-0.15, -0.1) is 0 Å². The minimum atomic E-state index is 0. The van der Waals surface area contributed by atoms with Crippen molar-refractivity contribution in [1.29, 1.82) is 0 Å². The van der Waals surface area contributed by atoms with Crippen LogP contribution in [0.4, 0.5) is 0 Å². The Bertz CT molecular complexity index is 1540. The Morgan fingerprint density at radius 1 is 0.697 bits per heavy atom. The summed E-state index contributed by atoms with van der Waals surface area (Å²) in [5.41, 5.74) is 3.83. The van der Waals surface area contributed by atoms with Crippen LogP contribution in [0.15, 0.2) is 97.2 Å². The summed E-state index contributed by atoms with van der Waals surface area (Å²) < 4.78 is 8.52. The third kappa shape index (κ3) is 4.43. The summed E-state index contributed by atoms with van der Waals surface area (Å²) in [5, 5.41) is 2.25. The van der Waals surface area contributed by atoms with Gasteiger partial charge in [-0.05, 0) is 0 Å². The molecule has 0 radical (unpaired) electrons. The van der Waals surface area contributed by atoms with Gasteiger partial charge in [-0.1, -0.05) is 6.07 Å². The SMILES string of the molecule is [Pt+2].[c-]1c(Oc2[c-]c(-c3nccc4ccccc34)ccc2)cccc1-c1nc2ccccc2[se]1. The van der Waals surface area contributed by atoms with Gasteiger partial charge in [0.05, 0.1) is 0 Å². The fourth-order valence-corrected chi connectivity index (χ4v) is 5.70. The van der Waals surface area contributed by atoms with E-state index in [0.29, 0.717) is 11.5 Å². The maximum atomic E-state index is 6.14. The van der Waals surface area contributed by atoms with Crippen molar-refractivity contribution in [2.24, 2.45) is 0 Å². The standard InChI is InChI=1S/C28H16N2OSe.Pt/c1-2-12-24-19(7-1)15-16-29-27(24)20-8-5-10-22(17-20)31-23-11-6-9-21(18-23)28-30-25-13-3-4-14-26(25)32-28;/h1-16H;/q-2;+2. The van der Waals surface area contributed by atoms with Gasteiger partial charge in [0, 0.05) is 0 Å². The molecule has 3 nitrogen and oxygen atoms in total. The fourth-order valence-electron chi connectivity index (χ4n) is 3.72. The molecular weight excluding hydrogens is 654 g/mol. The van der Waals surface area contributed by atoms with Gasteiger partial charge in [-0.2, -0.15) is 0 Å². The first-order chi connectivity index (χ1) is 15.8. The molecule has 160 valence electrons. The van der Waals surface area contributed by atoms with Gasteiger partial charge < -0.3 is 0 Å². The van der Waals surface area contributed by atoms with Crippen LogP contribution in [0, 0.1) is 12.1 Å². The van der Waals surface area contributed by atoms with Crippen LogP contribution in [0.2, 0.25) is 0 Å². The molecule has 6 aromatic rings. The van der Waals surface area contributed by atoms with E-state index in [9.17, 15) is 0 Å². The number of aromatic nitrogens is 2. The number of fused-ring (bicyclic) bond motifs is 2. The summed E-state index contributed by atoms with van der Waals surface area (Å²) in [5.74, 6) is 1.28. The van der Waals surface area contributed by atoms with Crippen molar-refractivity contribution in [2.45, 2.75) is 0 Å². The zero-order chi connectivity index (χ0) is 21.3. The third-order valence-corrected chi connectivity index (χ3v) is 7.45. The zero-order valence-electron chi connectivity index (χ0n) is 17.3. The van der Waals surface area contributed by atoms with Gasteiger partial charge >= 0.3 is 207 Å². The molecule has 0 aliphatic rings. The number of nitrogens with zero attached hydrogens (tertiary/aromatic N) is 2. The summed E-state index contributed by atoms with van der Waals surface area (Å²) in [6.45, 7) is 0. The normalized spacial score (nSPS) is 10.8. The van der Waals surface area contributed by atoms with E-state index in [-0.39, 0.29) is 35.6 Å². The average molecular weight is 670 g/mol. The van der Waals surface area contributed by atoms with E-state index in [1.165, 1.54) is 4.26 Å². The van der Waals surface area contributed by atoms with Crippen LogP contribution in [0.1, 0.15) is 0 Å². The molecule has 0 bridgehead atoms. The van der Waals surface area contributed by atoms with Gasteiger partial charge in [-0.25, -0.2) is 0 Å². The average Bonchev–Trinajstić information content (AvgIpc) is 3.29. The fraction of sp³-hybridized carbons (Fsp3) is 0. The molecule has 33 heavy (non-hydrogen) atoms. The van der Waals surface area contributed by atoms with E-state index in [2.05, 4.69) is 47.4 Å². The van der Waals surface area contributed by atoms with E-state index in [1.54, 1.807) is 0 Å². The number of ether oxygens (including phenoxy) is 1. The number of para-hydroxylation sites is 1. The molecule has 0 N–H and O–H groups in total. The number of hydrogen-bond acceptors (Lipinski definition) is 3. The van der Waals surface area contributed by atoms with Crippen molar-refractivity contribution in [3.05, 3.63) is 109 Å². The molecule has 0 fully saturated rings. The first-order valence-electron chi connectivity index (χ1n) is 10.3. The molecule has 0 spiro atoms. The minimum absolute atomic E-state index is 0. The van der Waals surface area contributed by atoms with Crippen molar-refractivity contribution in [3.8, 4) is 32.9 Å². The molecule has 4 aromatic carbocycles. The monoisotopic (exact) mass is 671 g/mol. The van der Waals surface area contributed by atoms with E-state index in [1.807, 2.05) is 66.9 Å². The summed E-state index contributed by atoms with van der Waals surface area (Å²) in [4.78, 5) is 9.40. The first kappa shape index (κ1) is 21.8. The van der Waals surface area contributed by atoms with Crippen molar-refractivity contribution < 1.29 is 25.8 Å². The van der Waals surface area contributed by atoms with Crippen molar-refractivity contribution in [1.82, 2.24) is 9.97 Å². The van der Waals surface area contributed by atoms with Crippen LogP contribution in [-0.2, 0) is 21.1 Å². The van der Waals surface area contributed by atoms with E-state index >= 15 is 0 Å². The van der Waals surface area contributed by atoms with E-state index in [4.69, 9.17) is 9.72 Å². The Hall–Kier alpha value is -3.03. The van der Waals surface area contributed by atoms with Crippen LogP contribution in [-0.4, -0.2) is 24.5 Å². The van der Waals surface area contributed by atoms with Gasteiger partial charge in [0.25, 0.3) is 0 Å². The maximum absolute atomic E-state index is 6.14. The molecular formula is C28H16N2OPtSe. The molecule has 5 heteroatoms. The topological polar surface area (TPSA) is 35.0 Å². The summed E-state index contributed by atoms with van der Waals surface area (Å²) in [6, 6.07) is 37.1. The number of rotatable bonds is 4. The molecule has 0 aliphatic carbocycles. The van der Waals surface area contributed by atoms with Crippen LogP contribution >= 0.6 is 0 Å². The Labute approximate surface area is 212 Å². The Balaban J connectivity index is 0.00000228. The van der Waals surface area contributed by atoms with Crippen LogP contribution < -0.4 is 4.74 Å². The second kappa shape index (κ2) is 9.45. The predicted octanol–water partition coefficient (Wildman–Crippen LogP) is 6.56. The van der Waals surface area contributed by atoms with Crippen LogP contribution in [0.3, 0.4) is 0 Å². The predicted molar refractivity (Wildman–Crippen MR) is 129 cm³/mol. The molecule has 0 atom stereocenters. The molecule has 0 unspecified atom stereocenters.